The van der Waals surface area contributed by atoms with E-state index in [1.807, 2.05) is 80.6 Å². The molecule has 8 aromatic carbocycles. The van der Waals surface area contributed by atoms with Crippen molar-refractivity contribution in [2.45, 2.75) is 92.9 Å². The van der Waals surface area contributed by atoms with E-state index < -0.39 is 20.2 Å². The third-order valence-corrected chi connectivity index (χ3v) is 16.8. The Labute approximate surface area is 514 Å². The Kier molecular flexibility index (Phi) is 26.2. The molecule has 11 rings (SSSR count). The lowest BCUT2D eigenvalue weighted by atomic mass is 9.85. The summed E-state index contributed by atoms with van der Waals surface area (Å²) in [5, 5.41) is 0. The molecular weight excluding hydrogens is 1100 g/mol. The SMILES string of the molecule is CC.CC[NH+](C)CC.Cc1ccc(-c2ccc(C)cc2)cc1.Cc1ccc(-c2ccc(C3C=CC(S(=O)(=O)[O-])=CC3)c(-c3ccccc3)c2)cc1.Cc1ccc(-c2ccc(C3C=CC(S(=O)(=O)[O-])=CC3)cc2C2=CCCC=C2)cc1.c1ccccc1. The van der Waals surface area contributed by atoms with Gasteiger partial charge in [0.25, 0.3) is 0 Å². The second-order valence-corrected chi connectivity index (χ2v) is 24.2. The van der Waals surface area contributed by atoms with Gasteiger partial charge in [-0.15, -0.1) is 0 Å². The zero-order chi connectivity index (χ0) is 62.1. The van der Waals surface area contributed by atoms with E-state index >= 15 is 0 Å². The third kappa shape index (κ3) is 20.6. The normalized spacial score (nSPS) is 15.0. The van der Waals surface area contributed by atoms with E-state index in [2.05, 4.69) is 212 Å². The summed E-state index contributed by atoms with van der Waals surface area (Å²) < 4.78 is 67.5. The molecule has 2 atom stereocenters. The third-order valence-electron chi connectivity index (χ3n) is 15.1. The summed E-state index contributed by atoms with van der Waals surface area (Å²) in [6.07, 6.45) is 19.3. The first kappa shape index (κ1) is 67.1. The van der Waals surface area contributed by atoms with E-state index in [1.54, 1.807) is 4.90 Å². The largest absolute Gasteiger partial charge is 0.744 e. The van der Waals surface area contributed by atoms with E-state index in [0.29, 0.717) is 12.8 Å². The van der Waals surface area contributed by atoms with Gasteiger partial charge in [0.2, 0.25) is 0 Å². The fourth-order valence-electron chi connectivity index (χ4n) is 9.68. The number of hydrogen-bond acceptors (Lipinski definition) is 6. The maximum Gasteiger partial charge on any atom is 0.124 e. The van der Waals surface area contributed by atoms with Crippen molar-refractivity contribution >= 4 is 25.8 Å². The number of benzene rings is 8. The molecule has 7 nitrogen and oxygen atoms in total. The van der Waals surface area contributed by atoms with Crippen LogP contribution in [0.15, 0.2) is 265 Å². The number of rotatable bonds is 11. The van der Waals surface area contributed by atoms with Crippen molar-refractivity contribution in [3.8, 4) is 44.5 Å². The lowest BCUT2D eigenvalue weighted by Crippen LogP contribution is -3.08. The van der Waals surface area contributed by atoms with Crippen LogP contribution in [0.4, 0.5) is 0 Å². The van der Waals surface area contributed by atoms with Crippen LogP contribution in [0.25, 0.3) is 50.1 Å². The van der Waals surface area contributed by atoms with Crippen LogP contribution in [0.1, 0.15) is 104 Å². The average Bonchev–Trinajstić information content (AvgIpc) is 1.61. The first-order valence-electron chi connectivity index (χ1n) is 29.9. The van der Waals surface area contributed by atoms with Crippen LogP contribution in [0.5, 0.6) is 0 Å². The van der Waals surface area contributed by atoms with Gasteiger partial charge < -0.3 is 14.0 Å². The molecule has 9 heteroatoms. The molecule has 0 aromatic heterocycles. The van der Waals surface area contributed by atoms with E-state index in [9.17, 15) is 25.9 Å². The highest BCUT2D eigenvalue weighted by molar-refractivity contribution is 7.90. The fraction of sp³-hybridized carbons (Fsp3) is 0.221. The predicted octanol–water partition coefficient (Wildman–Crippen LogP) is 17.9. The van der Waals surface area contributed by atoms with E-state index in [1.165, 1.54) is 93.0 Å². The lowest BCUT2D eigenvalue weighted by Gasteiger charge is -2.22. The molecule has 86 heavy (non-hydrogen) atoms. The van der Waals surface area contributed by atoms with Crippen molar-refractivity contribution < 1.29 is 30.8 Å². The summed E-state index contributed by atoms with van der Waals surface area (Å²) in [7, 11) is -6.62. The molecule has 446 valence electrons. The Hall–Kier alpha value is -8.02. The first-order chi connectivity index (χ1) is 41.4. The Morgan fingerprint density at radius 2 is 0.826 bits per heavy atom. The van der Waals surface area contributed by atoms with Crippen molar-refractivity contribution in [3.63, 3.8) is 0 Å². The molecule has 3 aliphatic carbocycles. The highest BCUT2D eigenvalue weighted by Crippen LogP contribution is 2.39. The number of aryl methyl sites for hydroxylation is 4. The minimum atomic E-state index is -4.42. The molecule has 0 aliphatic heterocycles. The topological polar surface area (TPSA) is 119 Å². The van der Waals surface area contributed by atoms with Crippen molar-refractivity contribution in [2.75, 3.05) is 20.1 Å². The van der Waals surface area contributed by atoms with E-state index in [-0.39, 0.29) is 21.6 Å². The van der Waals surface area contributed by atoms with Crippen LogP contribution < -0.4 is 4.90 Å². The summed E-state index contributed by atoms with van der Waals surface area (Å²) in [6.45, 7) is 19.3. The van der Waals surface area contributed by atoms with Gasteiger partial charge in [-0.1, -0.05) is 267 Å². The molecule has 3 aliphatic rings. The van der Waals surface area contributed by atoms with Gasteiger partial charge in [-0.3, -0.25) is 0 Å². The van der Waals surface area contributed by atoms with Crippen LogP contribution in [0, 0.1) is 27.7 Å². The second-order valence-electron chi connectivity index (χ2n) is 21.4. The van der Waals surface area contributed by atoms with Crippen molar-refractivity contribution in [2.24, 2.45) is 0 Å². The van der Waals surface area contributed by atoms with E-state index in [4.69, 9.17) is 0 Å². The minimum absolute atomic E-state index is 0.0165. The molecule has 8 aromatic rings. The molecule has 2 unspecified atom stereocenters. The molecule has 0 saturated heterocycles. The molecular formula is C77H84NO6S2-. The molecule has 0 saturated carbocycles. The van der Waals surface area contributed by atoms with Gasteiger partial charge in [-0.25, -0.2) is 16.8 Å². The molecule has 0 bridgehead atoms. The van der Waals surface area contributed by atoms with Gasteiger partial charge >= 0.3 is 0 Å². The zero-order valence-corrected chi connectivity index (χ0v) is 53.0. The molecule has 0 radical (unpaired) electrons. The van der Waals surface area contributed by atoms with E-state index in [0.717, 1.165) is 46.2 Å². The molecule has 0 fully saturated rings. The fourth-order valence-corrected chi connectivity index (χ4v) is 10.8. The standard InChI is InChI=1S/C25H24O3S.C25H22O3S.C14H14.C6H6.C5H13N.C2H6/c1-18-7-9-21(10-8-18)24-16-13-22(17-25(24)20-5-3-2-4-6-20)19-11-14-23(15-12-19)29(26,27)28;1-18-7-9-19(10-8-18)22-13-16-24(25(17-22)20-5-3-2-4-6-20)21-11-14-23(15-12-21)29(26,27)28;1-11-3-7-13(8-4-11)14-9-5-12(2)6-10-14;1-2-4-6-5-3-1;1-4-6(3)5-2;1-2/h3,5-11,13-17,19H,2,4,12H2,1H3,(H,26,27,28);2-11,13-17,21H,12H2,1H3,(H,26,27,28);3-10H,1-2H3;1-6H;4-5H2,1-3H3;1-2H3/p-1. The maximum absolute atomic E-state index is 11.3. The Balaban J connectivity index is 0.000000192. The van der Waals surface area contributed by atoms with Crippen molar-refractivity contribution in [1.29, 1.82) is 0 Å². The van der Waals surface area contributed by atoms with Crippen molar-refractivity contribution in [1.82, 2.24) is 0 Å². The Morgan fingerprint density at radius 3 is 1.22 bits per heavy atom. The van der Waals surface area contributed by atoms with Gasteiger partial charge in [0.1, 0.15) is 20.2 Å². The summed E-state index contributed by atoms with van der Waals surface area (Å²) in [5.41, 5.74) is 19.1. The minimum Gasteiger partial charge on any atom is -0.744 e. The summed E-state index contributed by atoms with van der Waals surface area (Å²) in [4.78, 5) is 1.31. The first-order valence-corrected chi connectivity index (χ1v) is 32.7. The summed E-state index contributed by atoms with van der Waals surface area (Å²) in [6, 6.07) is 69.3. The Morgan fingerprint density at radius 1 is 0.419 bits per heavy atom. The van der Waals surface area contributed by atoms with Crippen LogP contribution in [0.2, 0.25) is 0 Å². The van der Waals surface area contributed by atoms with Gasteiger partial charge in [0, 0.05) is 11.8 Å². The highest BCUT2D eigenvalue weighted by atomic mass is 32.2. The van der Waals surface area contributed by atoms with Crippen molar-refractivity contribution in [3.05, 3.63) is 304 Å². The highest BCUT2D eigenvalue weighted by Gasteiger charge is 2.20. The van der Waals surface area contributed by atoms with Crippen LogP contribution >= 0.6 is 0 Å². The maximum atomic E-state index is 11.3. The lowest BCUT2D eigenvalue weighted by molar-refractivity contribution is -0.875. The van der Waals surface area contributed by atoms with Crippen LogP contribution in [-0.2, 0) is 20.2 Å². The number of quaternary nitrogens is 1. The number of nitrogens with one attached hydrogen (secondary N) is 1. The number of hydrogen-bond donors (Lipinski definition) is 1. The smallest absolute Gasteiger partial charge is 0.124 e. The van der Waals surface area contributed by atoms with Gasteiger partial charge in [-0.2, -0.15) is 0 Å². The molecule has 0 spiro atoms. The Bertz CT molecular complexity index is 3750. The summed E-state index contributed by atoms with van der Waals surface area (Å²) in [5.74, 6) is 0.0715. The predicted molar refractivity (Wildman–Crippen MR) is 361 cm³/mol. The zero-order valence-electron chi connectivity index (χ0n) is 51.4. The van der Waals surface area contributed by atoms with Gasteiger partial charge in [0.15, 0.2) is 0 Å². The molecule has 1 N–H and O–H groups in total. The molecule has 0 amide bonds. The van der Waals surface area contributed by atoms with Crippen LogP contribution in [-0.4, -0.2) is 46.1 Å². The second kappa shape index (κ2) is 33.6. The quantitative estimate of drug-likeness (QED) is 0.129. The van der Waals surface area contributed by atoms with Gasteiger partial charge in [-0.05, 0) is 158 Å². The summed E-state index contributed by atoms with van der Waals surface area (Å²) >= 11 is 0. The van der Waals surface area contributed by atoms with Crippen LogP contribution in [0.3, 0.4) is 0 Å². The molecule has 0 heterocycles. The van der Waals surface area contributed by atoms with Gasteiger partial charge in [0.05, 0.1) is 29.9 Å². The average molecular weight is 1180 g/mol. The number of allylic oxidation sites excluding steroid dienone is 10. The monoisotopic (exact) mass is 1180 g/mol.